The summed E-state index contributed by atoms with van der Waals surface area (Å²) in [5.41, 5.74) is 8.98. The summed E-state index contributed by atoms with van der Waals surface area (Å²) in [5.74, 6) is 0. The zero-order valence-corrected chi connectivity index (χ0v) is 22.1. The fourth-order valence-electron chi connectivity index (χ4n) is 6.50. The van der Waals surface area contributed by atoms with Gasteiger partial charge in [0, 0.05) is 16.2 Å². The van der Waals surface area contributed by atoms with Gasteiger partial charge in [0.1, 0.15) is 33.1 Å². The number of nitrogens with zero attached hydrogens (tertiary/aromatic N) is 6. The average Bonchev–Trinajstić information content (AvgIpc) is 3.38. The number of fused-ring (bicyclic) bond motifs is 6. The Bertz CT molecular complexity index is 2290. The predicted octanol–water partition coefficient (Wildman–Crippen LogP) is 8.44. The molecule has 0 atom stereocenters. The van der Waals surface area contributed by atoms with Crippen LogP contribution in [0.1, 0.15) is 0 Å². The zero-order chi connectivity index (χ0) is 27.4. The highest BCUT2D eigenvalue weighted by Gasteiger charge is 2.19. The molecular formula is C36H18N6. The van der Waals surface area contributed by atoms with Gasteiger partial charge in [-0.3, -0.25) is 0 Å². The van der Waals surface area contributed by atoms with Crippen LogP contribution in [0.2, 0.25) is 0 Å². The molecule has 0 saturated heterocycles. The summed E-state index contributed by atoms with van der Waals surface area (Å²) in [6.45, 7) is 0. The summed E-state index contributed by atoms with van der Waals surface area (Å²) in [6.07, 6.45) is 0. The van der Waals surface area contributed by atoms with Crippen LogP contribution in [0.15, 0.2) is 109 Å². The summed E-state index contributed by atoms with van der Waals surface area (Å²) in [4.78, 5) is 31.7. The van der Waals surface area contributed by atoms with E-state index in [1.54, 1.807) is 0 Å². The van der Waals surface area contributed by atoms with Crippen LogP contribution in [-0.4, -0.2) is 29.9 Å². The molecule has 0 aliphatic carbocycles. The topological polar surface area (TPSA) is 77.3 Å². The molecule has 0 unspecified atom stereocenters. The van der Waals surface area contributed by atoms with E-state index in [2.05, 4.69) is 36.4 Å². The molecule has 192 valence electrons. The first-order valence-corrected chi connectivity index (χ1v) is 13.9. The molecule has 3 heterocycles. The SMILES string of the molecule is c1cc2cccc3nc4c(nc(c1)c23)c1nc2cccc3cccc(nc1c1nc5cccc6cccc(nc41)c65)c32. The minimum atomic E-state index is 0.651. The van der Waals surface area contributed by atoms with Gasteiger partial charge < -0.3 is 0 Å². The smallest absolute Gasteiger partial charge is 0.120 e. The van der Waals surface area contributed by atoms with Crippen molar-refractivity contribution in [1.82, 2.24) is 29.9 Å². The second kappa shape index (κ2) is 7.86. The van der Waals surface area contributed by atoms with Crippen LogP contribution < -0.4 is 0 Å². The predicted molar refractivity (Wildman–Crippen MR) is 171 cm³/mol. The van der Waals surface area contributed by atoms with Crippen molar-refractivity contribution in [2.75, 3.05) is 0 Å². The lowest BCUT2D eigenvalue weighted by atomic mass is 10.1. The van der Waals surface area contributed by atoms with Crippen LogP contribution in [0.5, 0.6) is 0 Å². The van der Waals surface area contributed by atoms with Crippen LogP contribution in [-0.2, 0) is 0 Å². The first-order chi connectivity index (χ1) is 20.8. The molecule has 7 aromatic carbocycles. The Labute approximate surface area is 237 Å². The molecule has 0 bridgehead atoms. The van der Waals surface area contributed by atoms with E-state index in [0.717, 1.165) is 65.4 Å². The van der Waals surface area contributed by atoms with Crippen LogP contribution in [0.25, 0.3) is 98.5 Å². The Balaban J connectivity index is 1.61. The molecule has 0 saturated carbocycles. The second-order valence-corrected chi connectivity index (χ2v) is 10.7. The Morgan fingerprint density at radius 2 is 0.429 bits per heavy atom. The Kier molecular flexibility index (Phi) is 4.10. The zero-order valence-electron chi connectivity index (χ0n) is 22.1. The molecule has 0 aliphatic heterocycles. The number of benzene rings is 7. The number of rotatable bonds is 0. The lowest BCUT2D eigenvalue weighted by Gasteiger charge is -2.00. The van der Waals surface area contributed by atoms with Gasteiger partial charge in [-0.15, -0.1) is 0 Å². The van der Waals surface area contributed by atoms with E-state index in [4.69, 9.17) is 29.9 Å². The molecular weight excluding hydrogens is 516 g/mol. The maximum Gasteiger partial charge on any atom is 0.120 e. The van der Waals surface area contributed by atoms with E-state index in [1.165, 1.54) is 0 Å². The maximum absolute atomic E-state index is 5.29. The Morgan fingerprint density at radius 1 is 0.238 bits per heavy atom. The molecule has 0 amide bonds. The lowest BCUT2D eigenvalue weighted by Crippen LogP contribution is -1.89. The number of hydrogen-bond acceptors (Lipinski definition) is 6. The largest absolute Gasteiger partial charge is 0.244 e. The first kappa shape index (κ1) is 21.9. The van der Waals surface area contributed by atoms with Crippen molar-refractivity contribution in [2.24, 2.45) is 0 Å². The fourth-order valence-corrected chi connectivity index (χ4v) is 6.50. The van der Waals surface area contributed by atoms with Gasteiger partial charge in [-0.05, 0) is 52.6 Å². The van der Waals surface area contributed by atoms with Gasteiger partial charge in [-0.1, -0.05) is 72.8 Å². The van der Waals surface area contributed by atoms with Crippen molar-refractivity contribution in [1.29, 1.82) is 0 Å². The lowest BCUT2D eigenvalue weighted by molar-refractivity contribution is 1.42. The molecule has 3 aromatic heterocycles. The number of hydrogen-bond donors (Lipinski definition) is 0. The molecule has 42 heavy (non-hydrogen) atoms. The van der Waals surface area contributed by atoms with Gasteiger partial charge in [-0.2, -0.15) is 0 Å². The van der Waals surface area contributed by atoms with Gasteiger partial charge in [0.25, 0.3) is 0 Å². The third-order valence-corrected chi connectivity index (χ3v) is 8.32. The van der Waals surface area contributed by atoms with E-state index in [9.17, 15) is 0 Å². The van der Waals surface area contributed by atoms with Crippen LogP contribution in [0.3, 0.4) is 0 Å². The highest BCUT2D eigenvalue weighted by atomic mass is 14.9. The minimum absolute atomic E-state index is 0.651. The van der Waals surface area contributed by atoms with Crippen molar-refractivity contribution in [3.05, 3.63) is 109 Å². The van der Waals surface area contributed by atoms with Gasteiger partial charge in [0.15, 0.2) is 0 Å². The van der Waals surface area contributed by atoms with Crippen molar-refractivity contribution >= 4 is 98.5 Å². The minimum Gasteiger partial charge on any atom is -0.244 e. The highest BCUT2D eigenvalue weighted by Crippen LogP contribution is 2.35. The van der Waals surface area contributed by atoms with Gasteiger partial charge in [0.2, 0.25) is 0 Å². The van der Waals surface area contributed by atoms with Crippen molar-refractivity contribution in [3.63, 3.8) is 0 Å². The van der Waals surface area contributed by atoms with E-state index in [0.29, 0.717) is 33.1 Å². The van der Waals surface area contributed by atoms with E-state index < -0.39 is 0 Å². The average molecular weight is 535 g/mol. The summed E-state index contributed by atoms with van der Waals surface area (Å²) >= 11 is 0. The normalized spacial score (nSPS) is 12.3. The Morgan fingerprint density at radius 3 is 0.619 bits per heavy atom. The first-order valence-electron chi connectivity index (χ1n) is 13.9. The number of aromatic nitrogens is 6. The second-order valence-electron chi connectivity index (χ2n) is 10.7. The molecule has 0 aliphatic rings. The monoisotopic (exact) mass is 534 g/mol. The van der Waals surface area contributed by atoms with Crippen molar-refractivity contribution in [3.8, 4) is 0 Å². The maximum atomic E-state index is 5.29. The fraction of sp³-hybridized carbons (Fsp3) is 0. The molecule has 0 N–H and O–H groups in total. The summed E-state index contributed by atoms with van der Waals surface area (Å²) < 4.78 is 0. The van der Waals surface area contributed by atoms with E-state index in [1.807, 2.05) is 72.8 Å². The van der Waals surface area contributed by atoms with E-state index in [-0.39, 0.29) is 0 Å². The van der Waals surface area contributed by atoms with Gasteiger partial charge >= 0.3 is 0 Å². The molecule has 10 aromatic rings. The Hall–Kier alpha value is -5.88. The summed E-state index contributed by atoms with van der Waals surface area (Å²) in [5, 5.41) is 6.27. The standard InChI is InChI=1S/C36H18N6/c1-7-19-8-2-14-23-28(19)22(13-1)37-31-32(38-23)34-36(42-27-18-6-12-21-11-5-17-26(40-34)30(21)27)35-33(31)39-24-15-3-9-20-10-4-16-25(41-35)29(20)24/h1-18H. The van der Waals surface area contributed by atoms with Crippen LogP contribution in [0.4, 0.5) is 0 Å². The van der Waals surface area contributed by atoms with Crippen molar-refractivity contribution < 1.29 is 0 Å². The van der Waals surface area contributed by atoms with E-state index >= 15 is 0 Å². The molecule has 10 rings (SSSR count). The molecule has 0 radical (unpaired) electrons. The third kappa shape index (κ3) is 2.87. The van der Waals surface area contributed by atoms with Gasteiger partial charge in [0.05, 0.1) is 33.1 Å². The van der Waals surface area contributed by atoms with Crippen LogP contribution >= 0.6 is 0 Å². The van der Waals surface area contributed by atoms with Crippen LogP contribution in [0, 0.1) is 0 Å². The van der Waals surface area contributed by atoms with Crippen molar-refractivity contribution in [2.45, 2.75) is 0 Å². The molecule has 6 heteroatoms. The summed E-state index contributed by atoms with van der Waals surface area (Å²) in [7, 11) is 0. The van der Waals surface area contributed by atoms with Gasteiger partial charge in [-0.25, -0.2) is 29.9 Å². The quantitative estimate of drug-likeness (QED) is 0.194. The molecule has 0 fully saturated rings. The molecule has 6 nitrogen and oxygen atoms in total. The summed E-state index contributed by atoms with van der Waals surface area (Å²) in [6, 6.07) is 37.0. The third-order valence-electron chi connectivity index (χ3n) is 8.32. The highest BCUT2D eigenvalue weighted by molar-refractivity contribution is 6.23. The molecule has 0 spiro atoms.